The molecule has 17 heavy (non-hydrogen) atoms. The Morgan fingerprint density at radius 1 is 1.35 bits per heavy atom. The topological polar surface area (TPSA) is 26.0 Å². The molecule has 1 nitrogen and oxygen atoms in total. The second-order valence-corrected chi connectivity index (χ2v) is 5.44. The average Bonchev–Trinajstić information content (AvgIpc) is 2.30. The minimum Gasteiger partial charge on any atom is -0.330 e. The van der Waals surface area contributed by atoms with Crippen molar-refractivity contribution in [3.8, 4) is 0 Å². The van der Waals surface area contributed by atoms with E-state index in [4.69, 9.17) is 5.73 Å². The van der Waals surface area contributed by atoms with Crippen LogP contribution >= 0.6 is 0 Å². The molecule has 2 heteroatoms. The Labute approximate surface area is 103 Å². The number of benzene rings is 1. The predicted molar refractivity (Wildman–Crippen MR) is 69.6 cm³/mol. The van der Waals surface area contributed by atoms with E-state index in [0.717, 1.165) is 24.8 Å². The summed E-state index contributed by atoms with van der Waals surface area (Å²) in [6.07, 6.45) is 3.22. The van der Waals surface area contributed by atoms with Gasteiger partial charge in [-0.1, -0.05) is 26.0 Å². The van der Waals surface area contributed by atoms with Gasteiger partial charge in [0.05, 0.1) is 0 Å². The van der Waals surface area contributed by atoms with Gasteiger partial charge in [0.2, 0.25) is 0 Å². The molecule has 0 bridgehead atoms. The summed E-state index contributed by atoms with van der Waals surface area (Å²) < 4.78 is 14.1. The number of rotatable bonds is 3. The first kappa shape index (κ1) is 12.6. The number of nitrogens with two attached hydrogens (primary N) is 1. The van der Waals surface area contributed by atoms with Crippen molar-refractivity contribution < 1.29 is 4.39 Å². The molecular weight excluding hydrogens is 213 g/mol. The normalized spacial score (nSPS) is 23.8. The van der Waals surface area contributed by atoms with Gasteiger partial charge in [-0.3, -0.25) is 0 Å². The molecule has 2 unspecified atom stereocenters. The summed E-state index contributed by atoms with van der Waals surface area (Å²) in [6.45, 7) is 5.06. The maximum absolute atomic E-state index is 14.1. The van der Waals surface area contributed by atoms with Crippen molar-refractivity contribution >= 4 is 0 Å². The molecule has 0 saturated carbocycles. The van der Waals surface area contributed by atoms with E-state index >= 15 is 0 Å². The van der Waals surface area contributed by atoms with Crippen LogP contribution in [0.25, 0.3) is 0 Å². The number of halogens is 1. The fourth-order valence-corrected chi connectivity index (χ4v) is 3.15. The van der Waals surface area contributed by atoms with Crippen molar-refractivity contribution in [1.29, 1.82) is 0 Å². The summed E-state index contributed by atoms with van der Waals surface area (Å²) >= 11 is 0. The Balaban J connectivity index is 2.42. The standard InChI is InChI=1S/C15H22FN/c1-10(2)12-7-6-11(8-9-17)13-4-3-5-14(16)15(12)13/h3-5,10-12H,6-9,17H2,1-2H3. The van der Waals surface area contributed by atoms with Gasteiger partial charge in [0.1, 0.15) is 5.82 Å². The fourth-order valence-electron chi connectivity index (χ4n) is 3.15. The number of fused-ring (bicyclic) bond motifs is 1. The SMILES string of the molecule is CC(C)C1CCC(CCN)c2cccc(F)c21. The van der Waals surface area contributed by atoms with Crippen molar-refractivity contribution in [1.82, 2.24) is 0 Å². The Kier molecular flexibility index (Phi) is 3.82. The summed E-state index contributed by atoms with van der Waals surface area (Å²) in [5.41, 5.74) is 7.83. The first-order chi connectivity index (χ1) is 8.15. The van der Waals surface area contributed by atoms with Gasteiger partial charge >= 0.3 is 0 Å². The molecular formula is C15H22FN. The molecule has 0 heterocycles. The molecule has 1 aliphatic carbocycles. The number of hydrogen-bond donors (Lipinski definition) is 1. The van der Waals surface area contributed by atoms with Gasteiger partial charge in [0, 0.05) is 0 Å². The molecule has 0 fully saturated rings. The summed E-state index contributed by atoms with van der Waals surface area (Å²) in [6, 6.07) is 5.52. The van der Waals surface area contributed by atoms with Crippen molar-refractivity contribution in [2.45, 2.75) is 44.9 Å². The van der Waals surface area contributed by atoms with Gasteiger partial charge < -0.3 is 5.73 Å². The lowest BCUT2D eigenvalue weighted by atomic mass is 9.71. The van der Waals surface area contributed by atoms with Crippen LogP contribution < -0.4 is 5.73 Å². The van der Waals surface area contributed by atoms with Crippen molar-refractivity contribution in [2.75, 3.05) is 6.54 Å². The average molecular weight is 235 g/mol. The second kappa shape index (κ2) is 5.18. The molecule has 0 aliphatic heterocycles. The molecule has 2 N–H and O–H groups in total. The van der Waals surface area contributed by atoms with Crippen molar-refractivity contribution in [2.24, 2.45) is 11.7 Å². The largest absolute Gasteiger partial charge is 0.330 e. The first-order valence-corrected chi connectivity index (χ1v) is 6.63. The van der Waals surface area contributed by atoms with E-state index in [2.05, 4.69) is 19.9 Å². The Morgan fingerprint density at radius 3 is 2.76 bits per heavy atom. The van der Waals surface area contributed by atoms with E-state index in [9.17, 15) is 4.39 Å². The van der Waals surface area contributed by atoms with Crippen LogP contribution in [0, 0.1) is 11.7 Å². The van der Waals surface area contributed by atoms with Crippen LogP contribution in [0.2, 0.25) is 0 Å². The highest BCUT2D eigenvalue weighted by atomic mass is 19.1. The second-order valence-electron chi connectivity index (χ2n) is 5.44. The van der Waals surface area contributed by atoms with E-state index in [-0.39, 0.29) is 5.82 Å². The van der Waals surface area contributed by atoms with Gasteiger partial charge in [-0.15, -0.1) is 0 Å². The van der Waals surface area contributed by atoms with Crippen LogP contribution in [0.3, 0.4) is 0 Å². The van der Waals surface area contributed by atoms with Gasteiger partial charge in [-0.05, 0) is 60.8 Å². The summed E-state index contributed by atoms with van der Waals surface area (Å²) in [7, 11) is 0. The van der Waals surface area contributed by atoms with Gasteiger partial charge in [-0.2, -0.15) is 0 Å². The summed E-state index contributed by atoms with van der Waals surface area (Å²) in [5.74, 6) is 1.31. The van der Waals surface area contributed by atoms with Crippen molar-refractivity contribution in [3.63, 3.8) is 0 Å². The summed E-state index contributed by atoms with van der Waals surface area (Å²) in [4.78, 5) is 0. The molecule has 1 aliphatic rings. The molecule has 1 aromatic carbocycles. The van der Waals surface area contributed by atoms with Gasteiger partial charge in [0.15, 0.2) is 0 Å². The zero-order valence-corrected chi connectivity index (χ0v) is 10.7. The van der Waals surface area contributed by atoms with E-state index < -0.39 is 0 Å². The molecule has 2 rings (SSSR count). The monoisotopic (exact) mass is 235 g/mol. The molecule has 0 amide bonds. The van der Waals surface area contributed by atoms with E-state index in [0.29, 0.717) is 24.3 Å². The Morgan fingerprint density at radius 2 is 2.12 bits per heavy atom. The quantitative estimate of drug-likeness (QED) is 0.847. The molecule has 0 spiro atoms. The van der Waals surface area contributed by atoms with Crippen LogP contribution in [0.5, 0.6) is 0 Å². The van der Waals surface area contributed by atoms with Crippen LogP contribution in [-0.2, 0) is 0 Å². The highest BCUT2D eigenvalue weighted by Crippen LogP contribution is 2.44. The zero-order chi connectivity index (χ0) is 12.4. The molecule has 94 valence electrons. The third-order valence-electron chi connectivity index (χ3n) is 4.04. The minimum absolute atomic E-state index is 0.0251. The van der Waals surface area contributed by atoms with Crippen LogP contribution in [0.15, 0.2) is 18.2 Å². The predicted octanol–water partition coefficient (Wildman–Crippen LogP) is 3.79. The third-order valence-corrected chi connectivity index (χ3v) is 4.04. The lowest BCUT2D eigenvalue weighted by Gasteiger charge is -2.34. The molecule has 0 radical (unpaired) electrons. The highest BCUT2D eigenvalue weighted by Gasteiger charge is 2.30. The summed E-state index contributed by atoms with van der Waals surface area (Å²) in [5, 5.41) is 0. The highest BCUT2D eigenvalue weighted by molar-refractivity contribution is 5.37. The van der Waals surface area contributed by atoms with Crippen LogP contribution in [0.4, 0.5) is 4.39 Å². The maximum Gasteiger partial charge on any atom is 0.126 e. The lowest BCUT2D eigenvalue weighted by molar-refractivity contribution is 0.379. The molecule has 1 aromatic rings. The van der Waals surface area contributed by atoms with E-state index in [1.807, 2.05) is 6.07 Å². The lowest BCUT2D eigenvalue weighted by Crippen LogP contribution is -2.21. The van der Waals surface area contributed by atoms with Crippen LogP contribution in [0.1, 0.15) is 56.1 Å². The number of hydrogen-bond acceptors (Lipinski definition) is 1. The van der Waals surface area contributed by atoms with E-state index in [1.165, 1.54) is 5.56 Å². The third kappa shape index (κ3) is 2.37. The van der Waals surface area contributed by atoms with E-state index in [1.54, 1.807) is 6.07 Å². The minimum atomic E-state index is -0.0251. The van der Waals surface area contributed by atoms with Gasteiger partial charge in [-0.25, -0.2) is 4.39 Å². The first-order valence-electron chi connectivity index (χ1n) is 6.63. The Bertz CT molecular complexity index is 387. The smallest absolute Gasteiger partial charge is 0.126 e. The maximum atomic E-state index is 14.1. The fraction of sp³-hybridized carbons (Fsp3) is 0.600. The molecule has 0 saturated heterocycles. The molecule has 2 atom stereocenters. The van der Waals surface area contributed by atoms with Gasteiger partial charge in [0.25, 0.3) is 0 Å². The Hall–Kier alpha value is -0.890. The molecule has 0 aromatic heterocycles. The van der Waals surface area contributed by atoms with Crippen molar-refractivity contribution in [3.05, 3.63) is 35.1 Å². The van der Waals surface area contributed by atoms with Crippen LogP contribution in [-0.4, -0.2) is 6.54 Å². The zero-order valence-electron chi connectivity index (χ0n) is 10.7.